The molecule has 27 heavy (non-hydrogen) atoms. The Labute approximate surface area is 157 Å². The average molecular weight is 367 g/mol. The summed E-state index contributed by atoms with van der Waals surface area (Å²) >= 11 is 0. The van der Waals surface area contributed by atoms with Gasteiger partial charge in [-0.25, -0.2) is 0 Å². The van der Waals surface area contributed by atoms with Gasteiger partial charge in [-0.15, -0.1) is 0 Å². The molecule has 1 amide bonds. The summed E-state index contributed by atoms with van der Waals surface area (Å²) in [6, 6.07) is 12.3. The molecule has 0 radical (unpaired) electrons. The molecule has 2 aromatic carbocycles. The minimum absolute atomic E-state index is 0.0413. The highest BCUT2D eigenvalue weighted by atomic mass is 16.6. The molecule has 0 atom stereocenters. The highest BCUT2D eigenvalue weighted by Gasteiger charge is 2.20. The van der Waals surface area contributed by atoms with Crippen LogP contribution in [0.2, 0.25) is 0 Å². The number of nitriles is 1. The van der Waals surface area contributed by atoms with Gasteiger partial charge in [-0.05, 0) is 55.7 Å². The molecule has 2 aromatic rings. The number of hydrogen-bond acceptors (Lipinski definition) is 5. The minimum Gasteiger partial charge on any atom is -0.477 e. The molecule has 0 spiro atoms. The van der Waals surface area contributed by atoms with Crippen LogP contribution >= 0.6 is 0 Å². The number of nitro benzene ring substituents is 1. The van der Waals surface area contributed by atoms with Gasteiger partial charge in [0, 0.05) is 18.3 Å². The summed E-state index contributed by atoms with van der Waals surface area (Å²) in [6.07, 6.45) is 0.170. The fourth-order valence-corrected chi connectivity index (χ4v) is 2.78. The summed E-state index contributed by atoms with van der Waals surface area (Å²) in [4.78, 5) is 24.8. The van der Waals surface area contributed by atoms with Crippen LogP contribution in [-0.4, -0.2) is 24.0 Å². The molecule has 0 unspecified atom stereocenters. The molecule has 2 rings (SSSR count). The first-order valence-electron chi connectivity index (χ1n) is 8.45. The number of rotatable bonds is 7. The lowest BCUT2D eigenvalue weighted by Gasteiger charge is -2.23. The van der Waals surface area contributed by atoms with E-state index >= 15 is 0 Å². The highest BCUT2D eigenvalue weighted by molar-refractivity contribution is 5.94. The fourth-order valence-electron chi connectivity index (χ4n) is 2.78. The molecule has 0 N–H and O–H groups in total. The molecule has 0 aromatic heterocycles. The molecular weight excluding hydrogens is 346 g/mol. The molecular formula is C20H21N3O4. The summed E-state index contributed by atoms with van der Waals surface area (Å²) in [7, 11) is 0. The standard InChI is InChI=1S/C20H21N3O4/c1-14-5-6-19(18(12-14)23(25)26)27-13-20(24)22(8-4-7-21)17-10-15(2)9-16(3)11-17/h5-6,9-12H,4,8,13H2,1-3H3. The van der Waals surface area contributed by atoms with E-state index < -0.39 is 4.92 Å². The SMILES string of the molecule is Cc1cc(C)cc(N(CCC#N)C(=O)COc2ccc(C)cc2[N+](=O)[O-])c1. The fraction of sp³-hybridized carbons (Fsp3) is 0.300. The van der Waals surface area contributed by atoms with Crippen LogP contribution < -0.4 is 9.64 Å². The van der Waals surface area contributed by atoms with Gasteiger partial charge < -0.3 is 9.64 Å². The zero-order valence-electron chi connectivity index (χ0n) is 15.6. The van der Waals surface area contributed by atoms with Crippen LogP contribution in [0.4, 0.5) is 11.4 Å². The Morgan fingerprint density at radius 1 is 1.15 bits per heavy atom. The Morgan fingerprint density at radius 3 is 2.41 bits per heavy atom. The number of amides is 1. The topological polar surface area (TPSA) is 96.5 Å². The highest BCUT2D eigenvalue weighted by Crippen LogP contribution is 2.28. The van der Waals surface area contributed by atoms with E-state index in [0.717, 1.165) is 16.7 Å². The third-order valence-corrected chi connectivity index (χ3v) is 3.93. The van der Waals surface area contributed by atoms with Crippen molar-refractivity contribution in [2.24, 2.45) is 0 Å². The lowest BCUT2D eigenvalue weighted by molar-refractivity contribution is -0.385. The molecule has 0 aliphatic carbocycles. The van der Waals surface area contributed by atoms with Crippen LogP contribution in [0.3, 0.4) is 0 Å². The summed E-state index contributed by atoms with van der Waals surface area (Å²) < 4.78 is 5.44. The first kappa shape index (κ1) is 19.9. The number of hydrogen-bond donors (Lipinski definition) is 0. The number of ether oxygens (including phenoxy) is 1. The van der Waals surface area contributed by atoms with E-state index in [2.05, 4.69) is 0 Å². The zero-order chi connectivity index (χ0) is 20.0. The van der Waals surface area contributed by atoms with Gasteiger partial charge in [-0.3, -0.25) is 14.9 Å². The summed E-state index contributed by atoms with van der Waals surface area (Å²) in [5.41, 5.74) is 3.21. The number of carbonyl (C=O) groups excluding carboxylic acids is 1. The van der Waals surface area contributed by atoms with E-state index in [1.54, 1.807) is 13.0 Å². The van der Waals surface area contributed by atoms with Gasteiger partial charge in [0.05, 0.1) is 17.4 Å². The molecule has 140 valence electrons. The summed E-state index contributed by atoms with van der Waals surface area (Å²) in [5, 5.41) is 20.1. The number of aryl methyl sites for hydroxylation is 3. The zero-order valence-corrected chi connectivity index (χ0v) is 15.6. The van der Waals surface area contributed by atoms with Gasteiger partial charge in [-0.2, -0.15) is 5.26 Å². The Kier molecular flexibility index (Phi) is 6.50. The lowest BCUT2D eigenvalue weighted by atomic mass is 10.1. The Balaban J connectivity index is 2.22. The van der Waals surface area contributed by atoms with Crippen molar-refractivity contribution in [1.29, 1.82) is 5.26 Å². The van der Waals surface area contributed by atoms with Crippen molar-refractivity contribution in [2.45, 2.75) is 27.2 Å². The third kappa shape index (κ3) is 5.28. The second kappa shape index (κ2) is 8.81. The maximum atomic E-state index is 12.7. The van der Waals surface area contributed by atoms with E-state index in [-0.39, 0.29) is 36.9 Å². The molecule has 7 heteroatoms. The minimum atomic E-state index is -0.538. The van der Waals surface area contributed by atoms with Crippen LogP contribution in [0.1, 0.15) is 23.1 Å². The van der Waals surface area contributed by atoms with Crippen molar-refractivity contribution in [3.63, 3.8) is 0 Å². The molecule has 0 heterocycles. The number of anilines is 1. The average Bonchev–Trinajstić information content (AvgIpc) is 2.60. The molecule has 0 saturated heterocycles. The summed E-state index contributed by atoms with van der Waals surface area (Å²) in [6.45, 7) is 5.46. The van der Waals surface area contributed by atoms with E-state index in [9.17, 15) is 14.9 Å². The summed E-state index contributed by atoms with van der Waals surface area (Å²) in [5.74, 6) is -0.329. The van der Waals surface area contributed by atoms with Crippen LogP contribution in [0.15, 0.2) is 36.4 Å². The molecule has 0 fully saturated rings. The maximum absolute atomic E-state index is 12.7. The van der Waals surface area contributed by atoms with E-state index in [1.807, 2.05) is 38.1 Å². The monoisotopic (exact) mass is 367 g/mol. The van der Waals surface area contributed by atoms with Gasteiger partial charge >= 0.3 is 5.69 Å². The quantitative estimate of drug-likeness (QED) is 0.547. The molecule has 7 nitrogen and oxygen atoms in total. The predicted octanol–water partition coefficient (Wildman–Crippen LogP) is 3.85. The van der Waals surface area contributed by atoms with Crippen LogP contribution in [0.5, 0.6) is 5.75 Å². The van der Waals surface area contributed by atoms with Crippen LogP contribution in [0.25, 0.3) is 0 Å². The van der Waals surface area contributed by atoms with Gasteiger partial charge in [0.25, 0.3) is 5.91 Å². The van der Waals surface area contributed by atoms with Crippen molar-refractivity contribution in [3.05, 3.63) is 63.2 Å². The van der Waals surface area contributed by atoms with Gasteiger partial charge in [0.2, 0.25) is 0 Å². The normalized spacial score (nSPS) is 10.1. The van der Waals surface area contributed by atoms with Crippen molar-refractivity contribution < 1.29 is 14.5 Å². The first-order chi connectivity index (χ1) is 12.8. The van der Waals surface area contributed by atoms with Gasteiger partial charge in [0.1, 0.15) is 0 Å². The molecule has 0 saturated carbocycles. The van der Waals surface area contributed by atoms with Crippen molar-refractivity contribution in [2.75, 3.05) is 18.1 Å². The smallest absolute Gasteiger partial charge is 0.311 e. The molecule has 0 bridgehead atoms. The predicted molar refractivity (Wildman–Crippen MR) is 102 cm³/mol. The van der Waals surface area contributed by atoms with Crippen molar-refractivity contribution in [1.82, 2.24) is 0 Å². The second-order valence-corrected chi connectivity index (χ2v) is 6.32. The van der Waals surface area contributed by atoms with Crippen LogP contribution in [0, 0.1) is 42.2 Å². The number of carbonyl (C=O) groups is 1. The van der Waals surface area contributed by atoms with E-state index in [4.69, 9.17) is 10.00 Å². The Bertz CT molecular complexity index is 882. The maximum Gasteiger partial charge on any atom is 0.311 e. The molecule has 0 aliphatic rings. The number of nitro groups is 1. The Hall–Kier alpha value is -3.40. The lowest BCUT2D eigenvalue weighted by Crippen LogP contribution is -2.36. The van der Waals surface area contributed by atoms with Crippen LogP contribution in [-0.2, 0) is 4.79 Å². The van der Waals surface area contributed by atoms with Crippen molar-refractivity contribution >= 4 is 17.3 Å². The van der Waals surface area contributed by atoms with E-state index in [0.29, 0.717) is 5.69 Å². The van der Waals surface area contributed by atoms with E-state index in [1.165, 1.54) is 17.0 Å². The number of nitrogens with zero attached hydrogens (tertiary/aromatic N) is 3. The third-order valence-electron chi connectivity index (χ3n) is 3.93. The second-order valence-electron chi connectivity index (χ2n) is 6.32. The van der Waals surface area contributed by atoms with Gasteiger partial charge in [0.15, 0.2) is 12.4 Å². The first-order valence-corrected chi connectivity index (χ1v) is 8.45. The largest absolute Gasteiger partial charge is 0.477 e. The van der Waals surface area contributed by atoms with Crippen molar-refractivity contribution in [3.8, 4) is 11.8 Å². The van der Waals surface area contributed by atoms with Gasteiger partial charge in [-0.1, -0.05) is 12.1 Å². The molecule has 0 aliphatic heterocycles. The Morgan fingerprint density at radius 2 is 1.81 bits per heavy atom. The number of benzene rings is 2.